The molecule has 2 aromatic heterocycles. The van der Waals surface area contributed by atoms with E-state index in [-0.39, 0.29) is 0 Å². The minimum Gasteiger partial charge on any atom is -0.370 e. The number of pyridine rings is 1. The van der Waals surface area contributed by atoms with Crippen LogP contribution in [0.4, 0.5) is 11.6 Å². The molecular formula is C19H19Cl2N5. The van der Waals surface area contributed by atoms with Crippen molar-refractivity contribution in [3.05, 3.63) is 75.8 Å². The summed E-state index contributed by atoms with van der Waals surface area (Å²) in [7, 11) is 0. The van der Waals surface area contributed by atoms with E-state index < -0.39 is 0 Å². The van der Waals surface area contributed by atoms with Gasteiger partial charge in [0.25, 0.3) is 0 Å². The van der Waals surface area contributed by atoms with E-state index in [1.165, 1.54) is 0 Å². The van der Waals surface area contributed by atoms with Gasteiger partial charge < -0.3 is 10.6 Å². The lowest BCUT2D eigenvalue weighted by molar-refractivity contribution is 0.974. The lowest BCUT2D eigenvalue weighted by atomic mass is 10.1. The van der Waals surface area contributed by atoms with Gasteiger partial charge in [-0.1, -0.05) is 35.3 Å². The molecule has 0 atom stereocenters. The topological polar surface area (TPSA) is 62.7 Å². The van der Waals surface area contributed by atoms with Crippen LogP contribution in [0.25, 0.3) is 0 Å². The summed E-state index contributed by atoms with van der Waals surface area (Å²) in [6.45, 7) is 3.24. The van der Waals surface area contributed by atoms with Crippen LogP contribution in [0, 0.1) is 6.92 Å². The van der Waals surface area contributed by atoms with Gasteiger partial charge in [0, 0.05) is 41.6 Å². The Morgan fingerprint density at radius 2 is 1.81 bits per heavy atom. The number of rotatable bonds is 7. The molecule has 2 heterocycles. The summed E-state index contributed by atoms with van der Waals surface area (Å²) in [6.07, 6.45) is 4.36. The number of benzene rings is 1. The first-order chi connectivity index (χ1) is 12.6. The van der Waals surface area contributed by atoms with Gasteiger partial charge in [-0.2, -0.15) is 0 Å². The van der Waals surface area contributed by atoms with E-state index in [1.54, 1.807) is 12.3 Å². The van der Waals surface area contributed by atoms with Gasteiger partial charge in [-0.05, 0) is 42.7 Å². The molecule has 0 amide bonds. The highest BCUT2D eigenvalue weighted by Gasteiger charge is 2.04. The zero-order valence-electron chi connectivity index (χ0n) is 14.3. The third-order valence-electron chi connectivity index (χ3n) is 3.75. The fraction of sp³-hybridized carbons (Fsp3) is 0.211. The van der Waals surface area contributed by atoms with Crippen LogP contribution in [0.1, 0.15) is 17.0 Å². The first-order valence-electron chi connectivity index (χ1n) is 8.26. The molecule has 5 nitrogen and oxygen atoms in total. The molecule has 0 bridgehead atoms. The van der Waals surface area contributed by atoms with E-state index in [0.29, 0.717) is 29.0 Å². The largest absolute Gasteiger partial charge is 0.370 e. The molecule has 3 aromatic rings. The third-order valence-corrected chi connectivity index (χ3v) is 4.34. The Morgan fingerprint density at radius 3 is 2.54 bits per heavy atom. The Labute approximate surface area is 162 Å². The van der Waals surface area contributed by atoms with Crippen LogP contribution >= 0.6 is 23.2 Å². The number of aryl methyl sites for hydroxylation is 1. The molecule has 0 unspecified atom stereocenters. The average Bonchev–Trinajstić information content (AvgIpc) is 2.62. The monoisotopic (exact) mass is 387 g/mol. The van der Waals surface area contributed by atoms with Crippen LogP contribution < -0.4 is 10.6 Å². The van der Waals surface area contributed by atoms with E-state index in [4.69, 9.17) is 23.2 Å². The number of hydrogen-bond donors (Lipinski definition) is 2. The number of nitrogens with zero attached hydrogens (tertiary/aromatic N) is 3. The molecule has 0 saturated carbocycles. The maximum Gasteiger partial charge on any atom is 0.132 e. The van der Waals surface area contributed by atoms with E-state index >= 15 is 0 Å². The number of nitrogens with one attached hydrogen (secondary N) is 2. The predicted octanol–water partition coefficient (Wildman–Crippen LogP) is 4.75. The van der Waals surface area contributed by atoms with Crippen molar-refractivity contribution < 1.29 is 0 Å². The highest BCUT2D eigenvalue weighted by molar-refractivity contribution is 6.35. The standard InChI is InChI=1S/C19H19Cl2N5/c1-13-25-18(23-8-6-15-4-5-16(20)9-17(15)21)10-19(26-13)24-12-14-3-2-7-22-11-14/h2-5,7,9-11H,6,8,12H2,1H3,(H2,23,24,25,26). The maximum atomic E-state index is 6.21. The average molecular weight is 388 g/mol. The molecule has 134 valence electrons. The van der Waals surface area contributed by atoms with Crippen LogP contribution in [0.15, 0.2) is 48.8 Å². The van der Waals surface area contributed by atoms with Crippen molar-refractivity contribution in [3.8, 4) is 0 Å². The molecule has 0 aliphatic heterocycles. The Hall–Kier alpha value is -2.37. The number of halogens is 2. The molecular weight excluding hydrogens is 369 g/mol. The van der Waals surface area contributed by atoms with Crippen molar-refractivity contribution in [2.24, 2.45) is 0 Å². The fourth-order valence-corrected chi connectivity index (χ4v) is 3.00. The summed E-state index contributed by atoms with van der Waals surface area (Å²) in [5.41, 5.74) is 2.14. The predicted molar refractivity (Wildman–Crippen MR) is 107 cm³/mol. The van der Waals surface area contributed by atoms with Gasteiger partial charge in [0.05, 0.1) is 0 Å². The molecule has 1 aromatic carbocycles. The number of anilines is 2. The molecule has 2 N–H and O–H groups in total. The molecule has 0 aliphatic carbocycles. The Morgan fingerprint density at radius 1 is 1.00 bits per heavy atom. The summed E-state index contributed by atoms with van der Waals surface area (Å²) in [4.78, 5) is 13.0. The zero-order chi connectivity index (χ0) is 18.4. The second-order valence-electron chi connectivity index (χ2n) is 5.81. The van der Waals surface area contributed by atoms with Crippen LogP contribution in [-0.4, -0.2) is 21.5 Å². The summed E-state index contributed by atoms with van der Waals surface area (Å²) < 4.78 is 0. The van der Waals surface area contributed by atoms with Crippen LogP contribution in [0.2, 0.25) is 10.0 Å². The van der Waals surface area contributed by atoms with Gasteiger partial charge in [-0.15, -0.1) is 0 Å². The SMILES string of the molecule is Cc1nc(NCCc2ccc(Cl)cc2Cl)cc(NCc2cccnc2)n1. The van der Waals surface area contributed by atoms with Crippen molar-refractivity contribution in [1.82, 2.24) is 15.0 Å². The number of hydrogen-bond acceptors (Lipinski definition) is 5. The highest BCUT2D eigenvalue weighted by atomic mass is 35.5. The van der Waals surface area contributed by atoms with Gasteiger partial charge in [0.1, 0.15) is 17.5 Å². The second-order valence-corrected chi connectivity index (χ2v) is 6.66. The van der Waals surface area contributed by atoms with Crippen molar-refractivity contribution >= 4 is 34.8 Å². The van der Waals surface area contributed by atoms with Crippen molar-refractivity contribution in [2.45, 2.75) is 19.9 Å². The third kappa shape index (κ3) is 5.31. The Bertz CT molecular complexity index is 871. The molecule has 26 heavy (non-hydrogen) atoms. The van der Waals surface area contributed by atoms with Crippen LogP contribution in [0.5, 0.6) is 0 Å². The summed E-state index contributed by atoms with van der Waals surface area (Å²) in [5, 5.41) is 7.94. The van der Waals surface area contributed by atoms with Crippen LogP contribution in [-0.2, 0) is 13.0 Å². The van der Waals surface area contributed by atoms with E-state index in [0.717, 1.165) is 29.2 Å². The molecule has 0 saturated heterocycles. The summed E-state index contributed by atoms with van der Waals surface area (Å²) in [6, 6.07) is 11.4. The van der Waals surface area contributed by atoms with Gasteiger partial charge in [-0.3, -0.25) is 4.98 Å². The van der Waals surface area contributed by atoms with Crippen molar-refractivity contribution in [3.63, 3.8) is 0 Å². The summed E-state index contributed by atoms with van der Waals surface area (Å²) in [5.74, 6) is 2.25. The van der Waals surface area contributed by atoms with Gasteiger partial charge >= 0.3 is 0 Å². The minimum absolute atomic E-state index is 0.641. The maximum absolute atomic E-state index is 6.21. The Balaban J connectivity index is 1.58. The quantitative estimate of drug-likeness (QED) is 0.612. The highest BCUT2D eigenvalue weighted by Crippen LogP contribution is 2.21. The minimum atomic E-state index is 0.641. The van der Waals surface area contributed by atoms with Crippen LogP contribution in [0.3, 0.4) is 0 Å². The fourth-order valence-electron chi connectivity index (χ4n) is 2.49. The number of aromatic nitrogens is 3. The normalized spacial score (nSPS) is 10.6. The Kier molecular flexibility index (Phi) is 6.26. The van der Waals surface area contributed by atoms with Crippen molar-refractivity contribution in [1.29, 1.82) is 0 Å². The first kappa shape index (κ1) is 18.4. The van der Waals surface area contributed by atoms with Gasteiger partial charge in [-0.25, -0.2) is 9.97 Å². The second kappa shape index (κ2) is 8.83. The molecule has 3 rings (SSSR count). The molecule has 0 fully saturated rings. The van der Waals surface area contributed by atoms with E-state index in [9.17, 15) is 0 Å². The first-order valence-corrected chi connectivity index (χ1v) is 9.02. The van der Waals surface area contributed by atoms with Crippen molar-refractivity contribution in [2.75, 3.05) is 17.2 Å². The van der Waals surface area contributed by atoms with Gasteiger partial charge in [0.15, 0.2) is 0 Å². The molecule has 7 heteroatoms. The molecule has 0 aliphatic rings. The van der Waals surface area contributed by atoms with Gasteiger partial charge in [0.2, 0.25) is 0 Å². The summed E-state index contributed by atoms with van der Waals surface area (Å²) >= 11 is 12.1. The molecule has 0 radical (unpaired) electrons. The van der Waals surface area contributed by atoms with E-state index in [1.807, 2.05) is 43.5 Å². The molecule has 0 spiro atoms. The smallest absolute Gasteiger partial charge is 0.132 e. The lowest BCUT2D eigenvalue weighted by Crippen LogP contribution is -2.09. The lowest BCUT2D eigenvalue weighted by Gasteiger charge is -2.11. The van der Waals surface area contributed by atoms with E-state index in [2.05, 4.69) is 25.6 Å². The zero-order valence-corrected chi connectivity index (χ0v) is 15.8.